The van der Waals surface area contributed by atoms with Gasteiger partial charge in [-0.05, 0) is 55.4 Å². The number of fused-ring (bicyclic) bond motifs is 2. The molecule has 1 atom stereocenters. The summed E-state index contributed by atoms with van der Waals surface area (Å²) in [5, 5.41) is 3.49. The van der Waals surface area contributed by atoms with Gasteiger partial charge in [-0.2, -0.15) is 13.2 Å². The third kappa shape index (κ3) is 3.68. The smallest absolute Gasteiger partial charge is 0.340 e. The van der Waals surface area contributed by atoms with Crippen LogP contribution in [0.25, 0.3) is 11.3 Å². The fourth-order valence-electron chi connectivity index (χ4n) is 4.74. The number of anilines is 1. The van der Waals surface area contributed by atoms with E-state index in [-0.39, 0.29) is 11.6 Å². The van der Waals surface area contributed by atoms with E-state index in [0.717, 1.165) is 66.5 Å². The quantitative estimate of drug-likeness (QED) is 0.482. The third-order valence-electron chi connectivity index (χ3n) is 6.31. The van der Waals surface area contributed by atoms with Crippen molar-refractivity contribution in [2.24, 2.45) is 4.99 Å². The lowest BCUT2D eigenvalue weighted by molar-refractivity contribution is -0.137. The molecule has 0 bridgehead atoms. The molecule has 0 saturated heterocycles. The number of halogens is 3. The number of aromatic nitrogens is 1. The lowest BCUT2D eigenvalue weighted by Gasteiger charge is -2.22. The SMILES string of the molecule is CCC1N=C(Nc2cc(-c3ccccc3C(F)(F)F)nc3c2CCCC3)c2ccccc21. The maximum absolute atomic E-state index is 13.7. The predicted octanol–water partition coefficient (Wildman–Crippen LogP) is 6.97. The van der Waals surface area contributed by atoms with Crippen molar-refractivity contribution in [3.05, 3.63) is 82.5 Å². The van der Waals surface area contributed by atoms with Crippen LogP contribution in [0.4, 0.5) is 18.9 Å². The normalized spacial score (nSPS) is 17.5. The van der Waals surface area contributed by atoms with E-state index in [1.54, 1.807) is 12.1 Å². The van der Waals surface area contributed by atoms with Gasteiger partial charge in [0.2, 0.25) is 0 Å². The minimum absolute atomic E-state index is 0.0942. The molecule has 1 unspecified atom stereocenters. The van der Waals surface area contributed by atoms with Gasteiger partial charge in [-0.1, -0.05) is 49.4 Å². The fraction of sp³-hybridized carbons (Fsp3) is 0.308. The van der Waals surface area contributed by atoms with E-state index in [1.165, 1.54) is 17.7 Å². The van der Waals surface area contributed by atoms with Crippen molar-refractivity contribution in [3.63, 3.8) is 0 Å². The fourth-order valence-corrected chi connectivity index (χ4v) is 4.74. The van der Waals surface area contributed by atoms with E-state index >= 15 is 0 Å². The van der Waals surface area contributed by atoms with Crippen molar-refractivity contribution in [2.45, 2.75) is 51.2 Å². The van der Waals surface area contributed by atoms with Gasteiger partial charge in [-0.25, -0.2) is 0 Å². The number of hydrogen-bond acceptors (Lipinski definition) is 3. The van der Waals surface area contributed by atoms with E-state index in [0.29, 0.717) is 5.69 Å². The van der Waals surface area contributed by atoms with Crippen molar-refractivity contribution >= 4 is 11.5 Å². The summed E-state index contributed by atoms with van der Waals surface area (Å²) < 4.78 is 41.1. The monoisotopic (exact) mass is 435 g/mol. The third-order valence-corrected chi connectivity index (χ3v) is 6.31. The molecule has 2 aromatic carbocycles. The summed E-state index contributed by atoms with van der Waals surface area (Å²) >= 11 is 0. The first-order chi connectivity index (χ1) is 15.5. The average molecular weight is 435 g/mol. The molecule has 0 spiro atoms. The van der Waals surface area contributed by atoms with Crippen LogP contribution >= 0.6 is 0 Å². The first kappa shape index (κ1) is 20.7. The number of nitrogens with one attached hydrogen (secondary N) is 1. The van der Waals surface area contributed by atoms with E-state index < -0.39 is 11.7 Å². The summed E-state index contributed by atoms with van der Waals surface area (Å²) in [6.45, 7) is 2.11. The molecule has 164 valence electrons. The molecule has 1 N–H and O–H groups in total. The Bertz CT molecular complexity index is 1200. The number of hydrogen-bond donors (Lipinski definition) is 1. The van der Waals surface area contributed by atoms with Gasteiger partial charge < -0.3 is 5.32 Å². The first-order valence-electron chi connectivity index (χ1n) is 11.1. The minimum Gasteiger partial charge on any atom is -0.340 e. The Hall–Kier alpha value is -3.15. The Labute approximate surface area is 185 Å². The average Bonchev–Trinajstić information content (AvgIpc) is 3.16. The summed E-state index contributed by atoms with van der Waals surface area (Å²) in [6, 6.07) is 15.7. The van der Waals surface area contributed by atoms with Gasteiger partial charge in [-0.3, -0.25) is 9.98 Å². The Morgan fingerprint density at radius 3 is 2.47 bits per heavy atom. The van der Waals surface area contributed by atoms with Crippen LogP contribution in [0.2, 0.25) is 0 Å². The Balaban J connectivity index is 1.62. The summed E-state index contributed by atoms with van der Waals surface area (Å²) in [7, 11) is 0. The van der Waals surface area contributed by atoms with Crippen LogP contribution in [0.1, 0.15) is 60.2 Å². The van der Waals surface area contributed by atoms with Gasteiger partial charge in [0.05, 0.1) is 17.3 Å². The van der Waals surface area contributed by atoms with Crippen LogP contribution in [-0.2, 0) is 19.0 Å². The molecule has 5 rings (SSSR count). The topological polar surface area (TPSA) is 37.3 Å². The van der Waals surface area contributed by atoms with Crippen LogP contribution in [0.3, 0.4) is 0 Å². The molecule has 32 heavy (non-hydrogen) atoms. The van der Waals surface area contributed by atoms with Crippen molar-refractivity contribution < 1.29 is 13.2 Å². The molecule has 0 amide bonds. The minimum atomic E-state index is -4.44. The highest BCUT2D eigenvalue weighted by Crippen LogP contribution is 2.39. The maximum atomic E-state index is 13.7. The number of nitrogens with zero attached hydrogens (tertiary/aromatic N) is 2. The standard InChI is InChI=1S/C26H24F3N3/c1-2-21-16-9-3-4-10-17(16)25(31-21)32-24-15-23(30-22-14-8-6-12-19(22)24)18-11-5-7-13-20(18)26(27,28)29/h3-5,7,9-11,13,15,21H,2,6,8,12,14H2,1H3,(H,30,31,32). The molecule has 2 aliphatic rings. The molecule has 6 heteroatoms. The van der Waals surface area contributed by atoms with Crippen molar-refractivity contribution in [2.75, 3.05) is 5.32 Å². The van der Waals surface area contributed by atoms with Gasteiger partial charge in [-0.15, -0.1) is 0 Å². The number of rotatable bonds is 3. The Morgan fingerprint density at radius 1 is 0.969 bits per heavy atom. The Morgan fingerprint density at radius 2 is 1.69 bits per heavy atom. The molecule has 1 aromatic heterocycles. The van der Waals surface area contributed by atoms with Gasteiger partial charge in [0, 0.05) is 22.5 Å². The molecule has 0 radical (unpaired) electrons. The van der Waals surface area contributed by atoms with Crippen LogP contribution < -0.4 is 5.32 Å². The summed E-state index contributed by atoms with van der Waals surface area (Å²) in [6.07, 6.45) is 0.115. The van der Waals surface area contributed by atoms with Crippen LogP contribution in [0.5, 0.6) is 0 Å². The zero-order chi connectivity index (χ0) is 22.3. The van der Waals surface area contributed by atoms with Crippen molar-refractivity contribution in [1.29, 1.82) is 0 Å². The van der Waals surface area contributed by atoms with E-state index in [4.69, 9.17) is 4.99 Å². The maximum Gasteiger partial charge on any atom is 0.417 e. The van der Waals surface area contributed by atoms with Crippen LogP contribution in [-0.4, -0.2) is 10.8 Å². The Kier molecular flexibility index (Phi) is 5.24. The number of alkyl halides is 3. The van der Waals surface area contributed by atoms with E-state index in [2.05, 4.69) is 23.3 Å². The van der Waals surface area contributed by atoms with Crippen LogP contribution in [0, 0.1) is 0 Å². The zero-order valence-electron chi connectivity index (χ0n) is 17.8. The molecule has 3 nitrogen and oxygen atoms in total. The van der Waals surface area contributed by atoms with Crippen molar-refractivity contribution in [3.8, 4) is 11.3 Å². The number of pyridine rings is 1. The second-order valence-electron chi connectivity index (χ2n) is 8.34. The van der Waals surface area contributed by atoms with E-state index in [9.17, 15) is 13.2 Å². The number of benzene rings is 2. The number of aryl methyl sites for hydroxylation is 1. The zero-order valence-corrected chi connectivity index (χ0v) is 17.8. The second kappa shape index (κ2) is 8.08. The number of aliphatic imine (C=N–C) groups is 1. The molecule has 1 aliphatic carbocycles. The molecular weight excluding hydrogens is 411 g/mol. The number of amidine groups is 1. The highest BCUT2D eigenvalue weighted by Gasteiger charge is 2.34. The molecule has 0 saturated carbocycles. The lowest BCUT2D eigenvalue weighted by atomic mass is 9.92. The van der Waals surface area contributed by atoms with Gasteiger partial charge in [0.25, 0.3) is 0 Å². The van der Waals surface area contributed by atoms with Gasteiger partial charge in [0.1, 0.15) is 5.84 Å². The molecule has 3 aromatic rings. The van der Waals surface area contributed by atoms with E-state index in [1.807, 2.05) is 18.2 Å². The highest BCUT2D eigenvalue weighted by atomic mass is 19.4. The molecule has 0 fully saturated rings. The summed E-state index contributed by atoms with van der Waals surface area (Å²) in [5.41, 5.74) is 4.81. The molecular formula is C26H24F3N3. The lowest BCUT2D eigenvalue weighted by Crippen LogP contribution is -2.17. The highest BCUT2D eigenvalue weighted by molar-refractivity contribution is 6.11. The summed E-state index contributed by atoms with van der Waals surface area (Å²) in [5.74, 6) is 0.779. The molecule has 1 aliphatic heterocycles. The van der Waals surface area contributed by atoms with Gasteiger partial charge in [0.15, 0.2) is 0 Å². The van der Waals surface area contributed by atoms with Crippen molar-refractivity contribution in [1.82, 2.24) is 4.98 Å². The van der Waals surface area contributed by atoms with Crippen LogP contribution in [0.15, 0.2) is 59.6 Å². The molecule has 2 heterocycles. The predicted molar refractivity (Wildman–Crippen MR) is 121 cm³/mol. The van der Waals surface area contributed by atoms with Gasteiger partial charge >= 0.3 is 6.18 Å². The summed E-state index contributed by atoms with van der Waals surface area (Å²) in [4.78, 5) is 9.57. The second-order valence-corrected chi connectivity index (χ2v) is 8.34. The first-order valence-corrected chi connectivity index (χ1v) is 11.1. The largest absolute Gasteiger partial charge is 0.417 e.